The van der Waals surface area contributed by atoms with Crippen LogP contribution >= 0.6 is 0 Å². The molecule has 4 aliphatic carbocycles. The lowest BCUT2D eigenvalue weighted by molar-refractivity contribution is -0.168. The van der Waals surface area contributed by atoms with Gasteiger partial charge in [0, 0.05) is 6.42 Å². The molecule has 28 heavy (non-hydrogen) atoms. The van der Waals surface area contributed by atoms with Gasteiger partial charge in [-0.2, -0.15) is 0 Å². The van der Waals surface area contributed by atoms with E-state index >= 15 is 0 Å². The number of carboxylic acid groups (broad SMARTS) is 1. The maximum absolute atomic E-state index is 11.3. The molecular weight excluding hydrogens is 348 g/mol. The summed E-state index contributed by atoms with van der Waals surface area (Å²) in [7, 11) is 0. The van der Waals surface area contributed by atoms with Gasteiger partial charge in [-0.25, -0.2) is 0 Å². The molecule has 2 N–H and O–H groups in total. The summed E-state index contributed by atoms with van der Waals surface area (Å²) in [6, 6.07) is 0. The Morgan fingerprint density at radius 2 is 1.71 bits per heavy atom. The lowest BCUT2D eigenvalue weighted by Gasteiger charge is -2.62. The highest BCUT2D eigenvalue weighted by Crippen LogP contribution is 2.68. The van der Waals surface area contributed by atoms with Crippen molar-refractivity contribution in [2.45, 2.75) is 98.0 Å². The second-order valence-corrected chi connectivity index (χ2v) is 11.8. The van der Waals surface area contributed by atoms with Gasteiger partial charge in [-0.15, -0.1) is 0 Å². The third-order valence-electron chi connectivity index (χ3n) is 10.5. The summed E-state index contributed by atoms with van der Waals surface area (Å²) >= 11 is 0. The van der Waals surface area contributed by atoms with Gasteiger partial charge in [0.15, 0.2) is 0 Å². The SMILES string of the molecule is C[C@@H]1CC[C@@]2(C)[C@@H](C1)C[C@H](O)[C@@H]1[C@@H]2CC[C@]2(C)[C@@H]([C@H](C)CCC(=O)O)CC[C@@H]12. The van der Waals surface area contributed by atoms with Gasteiger partial charge in [-0.05, 0) is 104 Å². The van der Waals surface area contributed by atoms with Gasteiger partial charge < -0.3 is 10.2 Å². The second kappa shape index (κ2) is 7.29. The summed E-state index contributed by atoms with van der Waals surface area (Å²) < 4.78 is 0. The molecule has 4 aliphatic rings. The van der Waals surface area contributed by atoms with Crippen LogP contribution in [-0.4, -0.2) is 22.3 Å². The lowest BCUT2D eigenvalue weighted by Crippen LogP contribution is -2.58. The average molecular weight is 391 g/mol. The van der Waals surface area contributed by atoms with Crippen molar-refractivity contribution in [2.24, 2.45) is 52.3 Å². The van der Waals surface area contributed by atoms with Crippen molar-refractivity contribution in [3.05, 3.63) is 0 Å². The van der Waals surface area contributed by atoms with E-state index in [1.54, 1.807) is 0 Å². The van der Waals surface area contributed by atoms with Crippen molar-refractivity contribution in [3.63, 3.8) is 0 Å². The Kier molecular flexibility index (Phi) is 5.39. The van der Waals surface area contributed by atoms with E-state index in [0.29, 0.717) is 52.8 Å². The Labute approximate surface area is 171 Å². The minimum atomic E-state index is -0.663. The lowest BCUT2D eigenvalue weighted by atomic mass is 9.43. The van der Waals surface area contributed by atoms with Gasteiger partial charge >= 0.3 is 5.97 Å². The molecule has 3 heteroatoms. The summed E-state index contributed by atoms with van der Waals surface area (Å²) in [6.07, 6.45) is 11.1. The predicted molar refractivity (Wildman–Crippen MR) is 112 cm³/mol. The van der Waals surface area contributed by atoms with Crippen LogP contribution in [0, 0.1) is 52.3 Å². The van der Waals surface area contributed by atoms with Crippen LogP contribution in [0.2, 0.25) is 0 Å². The van der Waals surface area contributed by atoms with Gasteiger partial charge in [-0.1, -0.05) is 34.1 Å². The zero-order chi connectivity index (χ0) is 20.3. The minimum absolute atomic E-state index is 0.119. The van der Waals surface area contributed by atoms with Crippen molar-refractivity contribution in [1.29, 1.82) is 0 Å². The highest BCUT2D eigenvalue weighted by Gasteiger charge is 2.62. The van der Waals surface area contributed by atoms with Crippen LogP contribution in [0.25, 0.3) is 0 Å². The van der Waals surface area contributed by atoms with Crippen molar-refractivity contribution in [2.75, 3.05) is 0 Å². The first-order valence-corrected chi connectivity index (χ1v) is 12.1. The highest BCUT2D eigenvalue weighted by molar-refractivity contribution is 5.66. The number of hydrogen-bond acceptors (Lipinski definition) is 2. The summed E-state index contributed by atoms with van der Waals surface area (Å²) in [5, 5.41) is 20.4. The summed E-state index contributed by atoms with van der Waals surface area (Å²) in [5.41, 5.74) is 0.732. The molecule has 0 aromatic heterocycles. The maximum atomic E-state index is 11.3. The monoisotopic (exact) mass is 390 g/mol. The van der Waals surface area contributed by atoms with Crippen LogP contribution in [0.1, 0.15) is 91.9 Å². The van der Waals surface area contributed by atoms with Crippen LogP contribution in [-0.2, 0) is 4.79 Å². The van der Waals surface area contributed by atoms with Gasteiger partial charge in [-0.3, -0.25) is 4.79 Å². The fourth-order valence-corrected chi connectivity index (χ4v) is 8.96. The largest absolute Gasteiger partial charge is 0.481 e. The second-order valence-electron chi connectivity index (χ2n) is 11.8. The number of aliphatic hydroxyl groups is 1. The number of fused-ring (bicyclic) bond motifs is 5. The van der Waals surface area contributed by atoms with Crippen LogP contribution < -0.4 is 0 Å². The third kappa shape index (κ3) is 3.15. The fourth-order valence-electron chi connectivity index (χ4n) is 8.96. The van der Waals surface area contributed by atoms with E-state index in [1.165, 1.54) is 44.9 Å². The van der Waals surface area contributed by atoms with Gasteiger partial charge in [0.25, 0.3) is 0 Å². The van der Waals surface area contributed by atoms with Crippen molar-refractivity contribution in [1.82, 2.24) is 0 Å². The molecule has 4 rings (SSSR count). The van der Waals surface area contributed by atoms with Gasteiger partial charge in [0.2, 0.25) is 0 Å². The number of hydrogen-bond donors (Lipinski definition) is 2. The van der Waals surface area contributed by atoms with E-state index in [1.807, 2.05) is 0 Å². The number of aliphatic carboxylic acids is 1. The summed E-state index contributed by atoms with van der Waals surface area (Å²) in [5.74, 6) is 3.78. The normalized spacial score (nSPS) is 51.7. The molecule has 0 radical (unpaired) electrons. The van der Waals surface area contributed by atoms with Crippen molar-refractivity contribution < 1.29 is 15.0 Å². The first-order valence-electron chi connectivity index (χ1n) is 12.1. The molecule has 160 valence electrons. The van der Waals surface area contributed by atoms with E-state index in [9.17, 15) is 9.90 Å². The van der Waals surface area contributed by atoms with Gasteiger partial charge in [0.1, 0.15) is 0 Å². The summed E-state index contributed by atoms with van der Waals surface area (Å²) in [4.78, 5) is 11.1. The predicted octanol–water partition coefficient (Wildman–Crippen LogP) is 5.75. The van der Waals surface area contributed by atoms with Crippen molar-refractivity contribution in [3.8, 4) is 0 Å². The zero-order valence-electron chi connectivity index (χ0n) is 18.5. The summed E-state index contributed by atoms with van der Waals surface area (Å²) in [6.45, 7) is 9.74. The Bertz CT molecular complexity index is 603. The standard InChI is InChI=1S/C25H42O3/c1-15-9-11-24(3)17(13-15)14-21(26)23-19-7-6-18(16(2)5-8-22(27)28)25(19,4)12-10-20(23)24/h15-21,23,26H,5-14H2,1-4H3,(H,27,28)/t15-,16-,17+,18-,19+,20+,21+,23+,24+,25-/m1/s1. The molecule has 0 unspecified atom stereocenters. The molecule has 0 aliphatic heterocycles. The molecule has 0 aromatic carbocycles. The zero-order valence-corrected chi connectivity index (χ0v) is 18.5. The molecule has 4 fully saturated rings. The molecule has 3 nitrogen and oxygen atoms in total. The van der Waals surface area contributed by atoms with Crippen LogP contribution in [0.15, 0.2) is 0 Å². The first kappa shape index (κ1) is 20.7. The number of carboxylic acids is 1. The quantitative estimate of drug-likeness (QED) is 0.642. The van der Waals surface area contributed by atoms with E-state index in [-0.39, 0.29) is 6.10 Å². The third-order valence-corrected chi connectivity index (χ3v) is 10.5. The highest BCUT2D eigenvalue weighted by atomic mass is 16.4. The fraction of sp³-hybridized carbons (Fsp3) is 0.960. The molecule has 0 aromatic rings. The Morgan fingerprint density at radius 3 is 2.43 bits per heavy atom. The molecule has 0 saturated heterocycles. The molecular formula is C25H42O3. The molecule has 0 heterocycles. The maximum Gasteiger partial charge on any atom is 0.303 e. The number of rotatable bonds is 4. The van der Waals surface area contributed by atoms with Crippen molar-refractivity contribution >= 4 is 5.97 Å². The average Bonchev–Trinajstić information content (AvgIpc) is 2.98. The molecule has 0 bridgehead atoms. The molecule has 0 amide bonds. The molecule has 10 atom stereocenters. The van der Waals surface area contributed by atoms with Crippen LogP contribution in [0.3, 0.4) is 0 Å². The molecule has 0 spiro atoms. The first-order chi connectivity index (χ1) is 13.2. The van der Waals surface area contributed by atoms with E-state index in [2.05, 4.69) is 27.7 Å². The van der Waals surface area contributed by atoms with E-state index < -0.39 is 5.97 Å². The topological polar surface area (TPSA) is 57.5 Å². The minimum Gasteiger partial charge on any atom is -0.481 e. The Hall–Kier alpha value is -0.570. The Balaban J connectivity index is 1.55. The van der Waals surface area contributed by atoms with Gasteiger partial charge in [0.05, 0.1) is 6.10 Å². The number of carbonyl (C=O) groups is 1. The molecule has 4 saturated carbocycles. The van der Waals surface area contributed by atoms with Crippen LogP contribution in [0.5, 0.6) is 0 Å². The smallest absolute Gasteiger partial charge is 0.303 e. The number of aliphatic hydroxyl groups excluding tert-OH is 1. The van der Waals surface area contributed by atoms with E-state index in [0.717, 1.165) is 18.8 Å². The van der Waals surface area contributed by atoms with E-state index in [4.69, 9.17) is 5.11 Å². The van der Waals surface area contributed by atoms with Crippen LogP contribution in [0.4, 0.5) is 0 Å². The Morgan fingerprint density at radius 1 is 1.04 bits per heavy atom.